The van der Waals surface area contributed by atoms with Crippen LogP contribution in [0.1, 0.15) is 44.7 Å². The fourth-order valence-electron chi connectivity index (χ4n) is 4.64. The van der Waals surface area contributed by atoms with Crippen LogP contribution in [0.5, 0.6) is 0 Å². The van der Waals surface area contributed by atoms with Crippen molar-refractivity contribution >= 4 is 22.9 Å². The number of nitrogens with one attached hydrogen (secondary N) is 1. The Morgan fingerprint density at radius 3 is 2.89 bits per heavy atom. The number of carbonyl (C=O) groups excluding carboxylic acids is 1. The minimum atomic E-state index is 0.121. The summed E-state index contributed by atoms with van der Waals surface area (Å²) in [6.45, 7) is 4.82. The van der Waals surface area contributed by atoms with E-state index in [2.05, 4.69) is 48.0 Å². The van der Waals surface area contributed by atoms with Crippen molar-refractivity contribution in [2.75, 3.05) is 31.6 Å². The smallest absolute Gasteiger partial charge is 0.254 e. The molecular formula is C22H24N2O2S. The van der Waals surface area contributed by atoms with Crippen LogP contribution in [0.15, 0.2) is 41.8 Å². The summed E-state index contributed by atoms with van der Waals surface area (Å²) in [6.07, 6.45) is 5.72. The monoisotopic (exact) mass is 380 g/mol. The maximum absolute atomic E-state index is 12.9. The third-order valence-corrected chi connectivity index (χ3v) is 7.19. The molecule has 1 aromatic heterocycles. The first-order chi connectivity index (χ1) is 13.2. The first-order valence-corrected chi connectivity index (χ1v) is 10.6. The molecule has 1 saturated heterocycles. The van der Waals surface area contributed by atoms with Gasteiger partial charge in [-0.15, -0.1) is 11.3 Å². The van der Waals surface area contributed by atoms with Gasteiger partial charge in [-0.1, -0.05) is 12.2 Å². The zero-order chi connectivity index (χ0) is 18.4. The van der Waals surface area contributed by atoms with Crippen LogP contribution in [0.3, 0.4) is 0 Å². The van der Waals surface area contributed by atoms with Crippen molar-refractivity contribution < 1.29 is 9.53 Å². The molecule has 1 fully saturated rings. The number of amides is 1. The van der Waals surface area contributed by atoms with E-state index in [-0.39, 0.29) is 5.91 Å². The van der Waals surface area contributed by atoms with E-state index in [1.54, 1.807) is 0 Å². The Labute approximate surface area is 163 Å². The molecule has 1 aliphatic carbocycles. The predicted molar refractivity (Wildman–Crippen MR) is 109 cm³/mol. The Bertz CT molecular complexity index is 897. The van der Waals surface area contributed by atoms with Gasteiger partial charge in [-0.3, -0.25) is 4.79 Å². The van der Waals surface area contributed by atoms with Crippen LogP contribution in [0.25, 0.3) is 0 Å². The predicted octanol–water partition coefficient (Wildman–Crippen LogP) is 4.36. The van der Waals surface area contributed by atoms with Crippen molar-refractivity contribution in [3.05, 3.63) is 63.4 Å². The van der Waals surface area contributed by atoms with Crippen LogP contribution in [-0.4, -0.2) is 37.1 Å². The molecule has 2 aromatic rings. The third-order valence-electron chi connectivity index (χ3n) is 6.09. The lowest BCUT2D eigenvalue weighted by Gasteiger charge is -2.37. The number of carbonyl (C=O) groups is 1. The van der Waals surface area contributed by atoms with Gasteiger partial charge in [-0.25, -0.2) is 0 Å². The van der Waals surface area contributed by atoms with E-state index in [0.29, 0.717) is 44.2 Å². The van der Waals surface area contributed by atoms with Gasteiger partial charge >= 0.3 is 0 Å². The molecule has 3 heterocycles. The second-order valence-electron chi connectivity index (χ2n) is 7.65. The number of ether oxygens (including phenoxy) is 1. The molecule has 0 spiro atoms. The number of benzene rings is 1. The molecule has 3 aliphatic rings. The normalized spacial score (nSPS) is 26.4. The van der Waals surface area contributed by atoms with Gasteiger partial charge in [0, 0.05) is 35.1 Å². The Hall–Kier alpha value is -2.11. The minimum absolute atomic E-state index is 0.121. The fraction of sp³-hybridized carbons (Fsp3) is 0.409. The van der Waals surface area contributed by atoms with E-state index in [1.807, 2.05) is 22.3 Å². The van der Waals surface area contributed by atoms with Gasteiger partial charge in [0.25, 0.3) is 5.91 Å². The Kier molecular flexibility index (Phi) is 4.29. The molecule has 4 nitrogen and oxygen atoms in total. The number of allylic oxidation sites excluding steroid dienone is 2. The van der Waals surface area contributed by atoms with E-state index in [1.165, 1.54) is 21.7 Å². The molecule has 3 unspecified atom stereocenters. The van der Waals surface area contributed by atoms with Crippen molar-refractivity contribution in [2.24, 2.45) is 5.92 Å². The molecule has 1 amide bonds. The molecule has 0 bridgehead atoms. The Morgan fingerprint density at radius 2 is 2.11 bits per heavy atom. The molecule has 5 heteroatoms. The van der Waals surface area contributed by atoms with Crippen molar-refractivity contribution in [2.45, 2.75) is 25.3 Å². The minimum Gasteiger partial charge on any atom is -0.378 e. The van der Waals surface area contributed by atoms with Gasteiger partial charge in [0.15, 0.2) is 0 Å². The highest BCUT2D eigenvalue weighted by Crippen LogP contribution is 2.51. The summed E-state index contributed by atoms with van der Waals surface area (Å²) >= 11 is 1.84. The number of anilines is 1. The quantitative estimate of drug-likeness (QED) is 0.788. The van der Waals surface area contributed by atoms with Crippen LogP contribution >= 0.6 is 11.3 Å². The highest BCUT2D eigenvalue weighted by atomic mass is 32.1. The summed E-state index contributed by atoms with van der Waals surface area (Å²) in [5.74, 6) is 1.02. The SMILES string of the molecule is Cc1ccsc1C1Nc2ccc(C(=O)N3CCOCC3)cc2C2C=CCC21. The van der Waals surface area contributed by atoms with Crippen LogP contribution in [0, 0.1) is 12.8 Å². The van der Waals surface area contributed by atoms with Crippen molar-refractivity contribution in [1.29, 1.82) is 0 Å². The van der Waals surface area contributed by atoms with Gasteiger partial charge in [0.05, 0.1) is 19.3 Å². The Morgan fingerprint density at radius 1 is 1.26 bits per heavy atom. The number of hydrogen-bond acceptors (Lipinski definition) is 4. The number of thiophene rings is 1. The molecule has 2 aliphatic heterocycles. The molecular weight excluding hydrogens is 356 g/mol. The Balaban J connectivity index is 1.48. The third kappa shape index (κ3) is 2.89. The highest BCUT2D eigenvalue weighted by Gasteiger charge is 2.39. The van der Waals surface area contributed by atoms with E-state index < -0.39 is 0 Å². The van der Waals surface area contributed by atoms with Gasteiger partial charge in [-0.2, -0.15) is 0 Å². The molecule has 1 aromatic carbocycles. The first kappa shape index (κ1) is 17.0. The van der Waals surface area contributed by atoms with Crippen molar-refractivity contribution in [1.82, 2.24) is 4.90 Å². The highest BCUT2D eigenvalue weighted by molar-refractivity contribution is 7.10. The number of rotatable bonds is 2. The van der Waals surface area contributed by atoms with E-state index in [4.69, 9.17) is 4.74 Å². The molecule has 5 rings (SSSR count). The fourth-order valence-corrected chi connectivity index (χ4v) is 5.69. The number of nitrogens with zero attached hydrogens (tertiary/aromatic N) is 1. The number of hydrogen-bond donors (Lipinski definition) is 1. The van der Waals surface area contributed by atoms with Crippen molar-refractivity contribution in [3.8, 4) is 0 Å². The second kappa shape index (κ2) is 6.80. The van der Waals surface area contributed by atoms with Gasteiger partial charge in [-0.05, 0) is 60.0 Å². The van der Waals surface area contributed by atoms with Crippen LogP contribution < -0.4 is 5.32 Å². The molecule has 0 saturated carbocycles. The lowest BCUT2D eigenvalue weighted by atomic mass is 9.78. The number of aryl methyl sites for hydroxylation is 1. The standard InChI is InChI=1S/C22H24N2O2S/c1-14-7-12-27-21(14)20-17-4-2-3-16(17)18-13-15(5-6-19(18)23-20)22(25)24-8-10-26-11-9-24/h2-3,5-7,12-13,16-17,20,23H,4,8-11H2,1H3. The number of morpholine rings is 1. The lowest BCUT2D eigenvalue weighted by molar-refractivity contribution is 0.0303. The summed E-state index contributed by atoms with van der Waals surface area (Å²) in [6, 6.07) is 8.74. The molecule has 0 radical (unpaired) electrons. The van der Waals surface area contributed by atoms with Gasteiger partial charge in [0.1, 0.15) is 0 Å². The summed E-state index contributed by atoms with van der Waals surface area (Å²) in [7, 11) is 0. The molecule has 3 atom stereocenters. The molecule has 1 N–H and O–H groups in total. The molecule has 27 heavy (non-hydrogen) atoms. The van der Waals surface area contributed by atoms with Crippen LogP contribution in [0.4, 0.5) is 5.69 Å². The van der Waals surface area contributed by atoms with Gasteiger partial charge in [0.2, 0.25) is 0 Å². The summed E-state index contributed by atoms with van der Waals surface area (Å²) < 4.78 is 5.38. The van der Waals surface area contributed by atoms with Gasteiger partial charge < -0.3 is 15.0 Å². The van der Waals surface area contributed by atoms with Crippen LogP contribution in [-0.2, 0) is 4.74 Å². The largest absolute Gasteiger partial charge is 0.378 e. The topological polar surface area (TPSA) is 41.6 Å². The lowest BCUT2D eigenvalue weighted by Crippen LogP contribution is -2.40. The van der Waals surface area contributed by atoms with E-state index in [9.17, 15) is 4.79 Å². The summed E-state index contributed by atoms with van der Waals surface area (Å²) in [5, 5.41) is 5.97. The molecule has 140 valence electrons. The zero-order valence-corrected chi connectivity index (χ0v) is 16.3. The number of fused-ring (bicyclic) bond motifs is 3. The van der Waals surface area contributed by atoms with Crippen LogP contribution in [0.2, 0.25) is 0 Å². The summed E-state index contributed by atoms with van der Waals surface area (Å²) in [4.78, 5) is 16.2. The maximum atomic E-state index is 12.9. The zero-order valence-electron chi connectivity index (χ0n) is 15.5. The van der Waals surface area contributed by atoms with E-state index in [0.717, 1.165) is 12.0 Å². The average Bonchev–Trinajstić information content (AvgIpc) is 3.36. The second-order valence-corrected chi connectivity index (χ2v) is 8.60. The average molecular weight is 381 g/mol. The summed E-state index contributed by atoms with van der Waals surface area (Å²) in [5.41, 5.74) is 4.59. The van der Waals surface area contributed by atoms with E-state index >= 15 is 0 Å². The van der Waals surface area contributed by atoms with Crippen molar-refractivity contribution in [3.63, 3.8) is 0 Å². The maximum Gasteiger partial charge on any atom is 0.254 e. The first-order valence-electron chi connectivity index (χ1n) is 9.70.